The average molecular weight is 498 g/mol. The monoisotopic (exact) mass is 497 g/mol. The molecule has 0 saturated carbocycles. The Kier molecular flexibility index (Phi) is 8.80. The van der Waals surface area contributed by atoms with Gasteiger partial charge in [0.05, 0.1) is 43.2 Å². The predicted octanol–water partition coefficient (Wildman–Crippen LogP) is 5.01. The minimum Gasteiger partial charge on any atom is -0.506 e. The first kappa shape index (κ1) is 25.1. The number of benzene rings is 2. The molecule has 33 heavy (non-hydrogen) atoms. The van der Waals surface area contributed by atoms with Crippen molar-refractivity contribution in [2.75, 3.05) is 51.9 Å². The van der Waals surface area contributed by atoms with Crippen LogP contribution in [0.1, 0.15) is 6.42 Å². The van der Waals surface area contributed by atoms with Gasteiger partial charge in [-0.15, -0.1) is 12.4 Å². The molecule has 1 aromatic heterocycles. The van der Waals surface area contributed by atoms with Crippen LogP contribution in [0.5, 0.6) is 17.2 Å². The molecule has 7 nitrogen and oxygen atoms in total. The van der Waals surface area contributed by atoms with Crippen molar-refractivity contribution < 1.29 is 23.7 Å². The van der Waals surface area contributed by atoms with Crippen LogP contribution in [-0.4, -0.2) is 61.6 Å². The van der Waals surface area contributed by atoms with Gasteiger partial charge in [-0.2, -0.15) is 0 Å². The minimum atomic E-state index is -0.579. The third kappa shape index (κ3) is 6.09. The highest BCUT2D eigenvalue weighted by atomic mass is 35.5. The first-order valence-electron chi connectivity index (χ1n) is 10.4. The highest BCUT2D eigenvalue weighted by Crippen LogP contribution is 2.37. The normalized spacial score (nSPS) is 14.0. The van der Waals surface area contributed by atoms with E-state index in [-0.39, 0.29) is 28.9 Å². The van der Waals surface area contributed by atoms with E-state index in [4.69, 9.17) is 25.8 Å². The summed E-state index contributed by atoms with van der Waals surface area (Å²) in [5, 5.41) is 13.5. The van der Waals surface area contributed by atoms with E-state index in [1.807, 2.05) is 6.07 Å². The molecule has 1 fully saturated rings. The SMILES string of the molecule is COc1cc2c(Nc3cc(O)c(Cl)cc3F)ccnc2cc1OCCCN1CCOCC1.Cl. The number of hydrogen-bond donors (Lipinski definition) is 2. The molecule has 4 rings (SSSR count). The topological polar surface area (TPSA) is 76.1 Å². The summed E-state index contributed by atoms with van der Waals surface area (Å²) in [7, 11) is 1.57. The first-order valence-corrected chi connectivity index (χ1v) is 10.8. The number of nitrogens with zero attached hydrogens (tertiary/aromatic N) is 2. The Morgan fingerprint density at radius 2 is 1.97 bits per heavy atom. The molecule has 0 atom stereocenters. The number of methoxy groups -OCH3 is 1. The molecule has 178 valence electrons. The Morgan fingerprint density at radius 3 is 2.73 bits per heavy atom. The van der Waals surface area contributed by atoms with Crippen LogP contribution < -0.4 is 14.8 Å². The second-order valence-corrected chi connectivity index (χ2v) is 7.85. The van der Waals surface area contributed by atoms with Crippen LogP contribution >= 0.6 is 24.0 Å². The molecular formula is C23H26Cl2FN3O4. The molecule has 0 aliphatic carbocycles. The first-order chi connectivity index (χ1) is 15.5. The average Bonchev–Trinajstić information content (AvgIpc) is 2.80. The summed E-state index contributed by atoms with van der Waals surface area (Å²) in [6.45, 7) is 4.95. The smallest absolute Gasteiger partial charge is 0.163 e. The van der Waals surface area contributed by atoms with Gasteiger partial charge in [0.2, 0.25) is 0 Å². The summed E-state index contributed by atoms with van der Waals surface area (Å²) in [4.78, 5) is 6.77. The van der Waals surface area contributed by atoms with Crippen molar-refractivity contribution in [3.63, 3.8) is 0 Å². The van der Waals surface area contributed by atoms with E-state index in [1.165, 1.54) is 6.07 Å². The number of nitrogens with one attached hydrogen (secondary N) is 1. The Bertz CT molecular complexity index is 1100. The van der Waals surface area contributed by atoms with Crippen molar-refractivity contribution in [2.24, 2.45) is 0 Å². The zero-order valence-electron chi connectivity index (χ0n) is 18.1. The maximum Gasteiger partial charge on any atom is 0.163 e. The molecule has 2 aromatic carbocycles. The van der Waals surface area contributed by atoms with Gasteiger partial charge in [-0.3, -0.25) is 9.88 Å². The summed E-state index contributed by atoms with van der Waals surface area (Å²) in [6, 6.07) is 7.63. The number of fused-ring (bicyclic) bond motifs is 1. The molecule has 10 heteroatoms. The van der Waals surface area contributed by atoms with E-state index in [0.717, 1.165) is 50.7 Å². The Hall–Kier alpha value is -2.52. The van der Waals surface area contributed by atoms with E-state index in [2.05, 4.69) is 15.2 Å². The minimum absolute atomic E-state index is 0. The number of morpholine rings is 1. The van der Waals surface area contributed by atoms with Crippen molar-refractivity contribution in [3.05, 3.63) is 47.4 Å². The van der Waals surface area contributed by atoms with Gasteiger partial charge in [-0.25, -0.2) is 4.39 Å². The number of aromatic nitrogens is 1. The summed E-state index contributed by atoms with van der Waals surface area (Å²) < 4.78 is 31.2. The third-order valence-electron chi connectivity index (χ3n) is 5.31. The molecule has 0 bridgehead atoms. The van der Waals surface area contributed by atoms with Crippen molar-refractivity contribution >= 4 is 46.3 Å². The molecule has 3 aromatic rings. The Labute approximate surface area is 202 Å². The van der Waals surface area contributed by atoms with Crippen molar-refractivity contribution in [3.8, 4) is 17.2 Å². The number of hydrogen-bond acceptors (Lipinski definition) is 7. The maximum absolute atomic E-state index is 14.3. The molecule has 0 radical (unpaired) electrons. The summed E-state index contributed by atoms with van der Waals surface area (Å²) in [5.41, 5.74) is 1.37. The van der Waals surface area contributed by atoms with Crippen molar-refractivity contribution in [1.82, 2.24) is 9.88 Å². The number of phenolic OH excluding ortho intramolecular Hbond substituents is 1. The van der Waals surface area contributed by atoms with E-state index in [1.54, 1.807) is 25.4 Å². The fourth-order valence-electron chi connectivity index (χ4n) is 3.61. The van der Waals surface area contributed by atoms with Crippen molar-refractivity contribution in [2.45, 2.75) is 6.42 Å². The van der Waals surface area contributed by atoms with E-state index >= 15 is 0 Å². The summed E-state index contributed by atoms with van der Waals surface area (Å²) >= 11 is 5.77. The molecule has 1 aliphatic heterocycles. The van der Waals surface area contributed by atoms with Gasteiger partial charge in [-0.1, -0.05) is 11.6 Å². The van der Waals surface area contributed by atoms with Gasteiger partial charge in [-0.05, 0) is 24.6 Å². The van der Waals surface area contributed by atoms with Crippen LogP contribution in [-0.2, 0) is 4.74 Å². The lowest BCUT2D eigenvalue weighted by atomic mass is 10.1. The summed E-state index contributed by atoms with van der Waals surface area (Å²) in [6.07, 6.45) is 2.50. The Morgan fingerprint density at radius 1 is 1.18 bits per heavy atom. The molecule has 2 heterocycles. The van der Waals surface area contributed by atoms with Crippen molar-refractivity contribution in [1.29, 1.82) is 0 Å². The molecule has 0 amide bonds. The highest BCUT2D eigenvalue weighted by molar-refractivity contribution is 6.32. The Balaban J connectivity index is 0.00000306. The van der Waals surface area contributed by atoms with Crippen LogP contribution in [0.4, 0.5) is 15.8 Å². The van der Waals surface area contributed by atoms with Gasteiger partial charge in [0.25, 0.3) is 0 Å². The molecule has 2 N–H and O–H groups in total. The number of phenols is 1. The molecular weight excluding hydrogens is 472 g/mol. The van der Waals surface area contributed by atoms with Crippen LogP contribution in [0.2, 0.25) is 5.02 Å². The number of anilines is 2. The lowest BCUT2D eigenvalue weighted by Gasteiger charge is -2.26. The van der Waals surface area contributed by atoms with Crippen LogP contribution in [0.3, 0.4) is 0 Å². The van der Waals surface area contributed by atoms with Gasteiger partial charge < -0.3 is 24.6 Å². The predicted molar refractivity (Wildman–Crippen MR) is 129 cm³/mol. The molecule has 1 saturated heterocycles. The lowest BCUT2D eigenvalue weighted by molar-refractivity contribution is 0.0357. The number of pyridine rings is 1. The third-order valence-corrected chi connectivity index (χ3v) is 5.62. The van der Waals surface area contributed by atoms with Gasteiger partial charge in [0.15, 0.2) is 11.5 Å². The zero-order chi connectivity index (χ0) is 22.5. The fourth-order valence-corrected chi connectivity index (χ4v) is 3.76. The summed E-state index contributed by atoms with van der Waals surface area (Å²) in [5.74, 6) is 0.366. The number of aromatic hydroxyl groups is 1. The number of halogens is 3. The zero-order valence-corrected chi connectivity index (χ0v) is 19.7. The fraction of sp³-hybridized carbons (Fsp3) is 0.348. The van der Waals surface area contributed by atoms with E-state index in [0.29, 0.717) is 29.3 Å². The van der Waals surface area contributed by atoms with Gasteiger partial charge in [0, 0.05) is 49.0 Å². The lowest BCUT2D eigenvalue weighted by Crippen LogP contribution is -2.37. The van der Waals surface area contributed by atoms with Crippen LogP contribution in [0.15, 0.2) is 36.5 Å². The van der Waals surface area contributed by atoms with Gasteiger partial charge >= 0.3 is 0 Å². The van der Waals surface area contributed by atoms with Crippen LogP contribution in [0, 0.1) is 5.82 Å². The molecule has 0 unspecified atom stereocenters. The maximum atomic E-state index is 14.3. The largest absolute Gasteiger partial charge is 0.506 e. The number of ether oxygens (including phenoxy) is 3. The second kappa shape index (κ2) is 11.6. The molecule has 1 aliphatic rings. The highest BCUT2D eigenvalue weighted by Gasteiger charge is 2.14. The number of rotatable bonds is 8. The van der Waals surface area contributed by atoms with Gasteiger partial charge in [0.1, 0.15) is 11.6 Å². The van der Waals surface area contributed by atoms with E-state index < -0.39 is 5.82 Å². The van der Waals surface area contributed by atoms with E-state index in [9.17, 15) is 9.50 Å². The van der Waals surface area contributed by atoms with Crippen LogP contribution in [0.25, 0.3) is 10.9 Å². The quantitative estimate of drug-likeness (QED) is 0.423. The molecule has 0 spiro atoms. The second-order valence-electron chi connectivity index (χ2n) is 7.44. The standard InChI is InChI=1S/C23H25ClFN3O4.ClH/c1-30-22-11-15-18(27-20-13-21(29)16(24)12-17(20)25)3-4-26-19(15)14-23(22)32-8-2-5-28-6-9-31-10-7-28;/h3-4,11-14,29H,2,5-10H2,1H3,(H,26,27);1H.